The minimum absolute atomic E-state index is 0.122. The van der Waals surface area contributed by atoms with Crippen LogP contribution in [0.25, 0.3) is 0 Å². The van der Waals surface area contributed by atoms with Gasteiger partial charge >= 0.3 is 0 Å². The number of hydrogen-bond acceptors (Lipinski definition) is 5. The number of ketones is 1. The maximum absolute atomic E-state index is 11.4. The summed E-state index contributed by atoms with van der Waals surface area (Å²) in [5.41, 5.74) is 0.697. The molecule has 0 radical (unpaired) electrons. The second-order valence-electron chi connectivity index (χ2n) is 3.78. The van der Waals surface area contributed by atoms with E-state index in [1.807, 2.05) is 6.92 Å². The molecule has 94 valence electrons. The van der Waals surface area contributed by atoms with E-state index >= 15 is 0 Å². The van der Waals surface area contributed by atoms with Gasteiger partial charge in [-0.2, -0.15) is 4.80 Å². The fraction of sp³-hybridized carbons (Fsp3) is 0.333. The zero-order valence-corrected chi connectivity index (χ0v) is 10.3. The van der Waals surface area contributed by atoms with Gasteiger partial charge in [-0.15, -0.1) is 10.2 Å². The van der Waals surface area contributed by atoms with Gasteiger partial charge in [0.05, 0.1) is 7.05 Å². The van der Waals surface area contributed by atoms with Gasteiger partial charge in [-0.3, -0.25) is 4.79 Å². The number of carbonyl (C=O) groups excluding carboxylic acids is 1. The maximum Gasteiger partial charge on any atom is 0.212 e. The third kappa shape index (κ3) is 2.91. The van der Waals surface area contributed by atoms with Crippen LogP contribution in [0.1, 0.15) is 29.5 Å². The second-order valence-corrected chi connectivity index (χ2v) is 3.78. The molecule has 0 atom stereocenters. The monoisotopic (exact) mass is 246 g/mol. The Morgan fingerprint density at radius 2 is 2.06 bits per heavy atom. The average Bonchev–Trinajstić information content (AvgIpc) is 2.82. The molecule has 0 fully saturated rings. The zero-order valence-electron chi connectivity index (χ0n) is 10.3. The molecular formula is C12H14N4O2. The maximum atomic E-state index is 11.4. The van der Waals surface area contributed by atoms with Crippen LogP contribution in [0.4, 0.5) is 0 Å². The molecule has 1 aromatic heterocycles. The van der Waals surface area contributed by atoms with E-state index in [1.165, 1.54) is 4.80 Å². The fourth-order valence-electron chi connectivity index (χ4n) is 1.47. The number of Topliss-reactive ketones (excluding diaryl/α,β-unsaturated/α-hetero) is 1. The molecule has 0 saturated heterocycles. The Balaban J connectivity index is 1.96. The Morgan fingerprint density at radius 1 is 1.33 bits per heavy atom. The minimum atomic E-state index is 0.122. The average molecular weight is 246 g/mol. The van der Waals surface area contributed by atoms with Crippen molar-refractivity contribution < 1.29 is 9.53 Å². The van der Waals surface area contributed by atoms with Crippen LogP contribution < -0.4 is 4.74 Å². The first-order valence-corrected chi connectivity index (χ1v) is 5.68. The molecule has 0 spiro atoms. The normalized spacial score (nSPS) is 10.3. The quantitative estimate of drug-likeness (QED) is 0.745. The van der Waals surface area contributed by atoms with Gasteiger partial charge in [0.25, 0.3) is 0 Å². The van der Waals surface area contributed by atoms with E-state index in [9.17, 15) is 4.79 Å². The number of ether oxygens (including phenoxy) is 1. The Labute approximate surface area is 105 Å². The van der Waals surface area contributed by atoms with E-state index in [0.29, 0.717) is 23.6 Å². The van der Waals surface area contributed by atoms with E-state index in [0.717, 1.165) is 0 Å². The molecule has 0 bridgehead atoms. The van der Waals surface area contributed by atoms with E-state index in [4.69, 9.17) is 4.74 Å². The number of aryl methyl sites for hydroxylation is 1. The number of carbonyl (C=O) groups is 1. The Bertz CT molecular complexity index is 533. The molecule has 2 rings (SSSR count). The summed E-state index contributed by atoms with van der Waals surface area (Å²) in [6.45, 7) is 2.10. The second kappa shape index (κ2) is 5.39. The van der Waals surface area contributed by atoms with Crippen molar-refractivity contribution in [1.29, 1.82) is 0 Å². The Kier molecular flexibility index (Phi) is 3.66. The van der Waals surface area contributed by atoms with Crippen molar-refractivity contribution >= 4 is 5.78 Å². The number of nitrogens with zero attached hydrogens (tertiary/aromatic N) is 4. The molecule has 0 aliphatic heterocycles. The number of benzene rings is 1. The lowest BCUT2D eigenvalue weighted by Gasteiger charge is -2.04. The van der Waals surface area contributed by atoms with Crippen LogP contribution in [-0.2, 0) is 13.7 Å². The third-order valence-electron chi connectivity index (χ3n) is 2.42. The molecule has 1 heterocycles. The summed E-state index contributed by atoms with van der Waals surface area (Å²) in [5, 5.41) is 11.5. The predicted octanol–water partition coefficient (Wildman–Crippen LogP) is 1.38. The molecule has 0 N–H and O–H groups in total. The number of rotatable bonds is 5. The zero-order chi connectivity index (χ0) is 13.0. The molecule has 18 heavy (non-hydrogen) atoms. The van der Waals surface area contributed by atoms with E-state index in [-0.39, 0.29) is 12.4 Å². The summed E-state index contributed by atoms with van der Waals surface area (Å²) in [5.74, 6) is 1.32. The molecule has 0 amide bonds. The fourth-order valence-corrected chi connectivity index (χ4v) is 1.47. The topological polar surface area (TPSA) is 69.9 Å². The lowest BCUT2D eigenvalue weighted by Crippen LogP contribution is -2.00. The number of tetrazole rings is 1. The van der Waals surface area contributed by atoms with E-state index in [1.54, 1.807) is 31.3 Å². The molecular weight excluding hydrogens is 232 g/mol. The molecule has 6 nitrogen and oxygen atoms in total. The van der Waals surface area contributed by atoms with Gasteiger partial charge in [-0.25, -0.2) is 0 Å². The van der Waals surface area contributed by atoms with Gasteiger partial charge in [-0.1, -0.05) is 6.92 Å². The highest BCUT2D eigenvalue weighted by atomic mass is 16.5. The molecule has 6 heteroatoms. The third-order valence-corrected chi connectivity index (χ3v) is 2.42. The van der Waals surface area contributed by atoms with Crippen molar-refractivity contribution in [3.8, 4) is 5.75 Å². The molecule has 1 aromatic carbocycles. The summed E-state index contributed by atoms with van der Waals surface area (Å²) in [7, 11) is 1.70. The van der Waals surface area contributed by atoms with Crippen molar-refractivity contribution in [3.63, 3.8) is 0 Å². The minimum Gasteiger partial charge on any atom is -0.485 e. The van der Waals surface area contributed by atoms with Crippen LogP contribution in [0.2, 0.25) is 0 Å². The van der Waals surface area contributed by atoms with Crippen molar-refractivity contribution in [2.24, 2.45) is 7.05 Å². The summed E-state index contributed by atoms with van der Waals surface area (Å²) < 4.78 is 5.48. The Hall–Kier alpha value is -2.24. The first kappa shape index (κ1) is 12.2. The first-order chi connectivity index (χ1) is 8.69. The van der Waals surface area contributed by atoms with Crippen LogP contribution in [0.5, 0.6) is 5.75 Å². The lowest BCUT2D eigenvalue weighted by atomic mass is 10.1. The van der Waals surface area contributed by atoms with Gasteiger partial charge in [0.2, 0.25) is 5.82 Å². The lowest BCUT2D eigenvalue weighted by molar-refractivity contribution is 0.0988. The SMILES string of the molecule is CCC(=O)c1ccc(OCc2nnn(C)n2)cc1. The smallest absolute Gasteiger partial charge is 0.212 e. The van der Waals surface area contributed by atoms with Crippen LogP contribution in [0.3, 0.4) is 0 Å². The highest BCUT2D eigenvalue weighted by Crippen LogP contribution is 2.14. The number of aromatic nitrogens is 4. The predicted molar refractivity (Wildman–Crippen MR) is 64.2 cm³/mol. The van der Waals surface area contributed by atoms with Crippen LogP contribution >= 0.6 is 0 Å². The van der Waals surface area contributed by atoms with Crippen molar-refractivity contribution in [2.75, 3.05) is 0 Å². The van der Waals surface area contributed by atoms with Crippen molar-refractivity contribution in [1.82, 2.24) is 20.2 Å². The highest BCUT2D eigenvalue weighted by Gasteiger charge is 2.04. The standard InChI is InChI=1S/C12H14N4O2/c1-3-11(17)9-4-6-10(7-5-9)18-8-12-13-15-16(2)14-12/h4-7H,3,8H2,1-2H3. The largest absolute Gasteiger partial charge is 0.485 e. The Morgan fingerprint density at radius 3 is 2.61 bits per heavy atom. The summed E-state index contributed by atoms with van der Waals surface area (Å²) in [4.78, 5) is 12.8. The molecule has 2 aromatic rings. The molecule has 0 unspecified atom stereocenters. The van der Waals surface area contributed by atoms with Crippen LogP contribution in [0.15, 0.2) is 24.3 Å². The van der Waals surface area contributed by atoms with Crippen molar-refractivity contribution in [3.05, 3.63) is 35.7 Å². The summed E-state index contributed by atoms with van der Waals surface area (Å²) >= 11 is 0. The molecule has 0 aliphatic rings. The van der Waals surface area contributed by atoms with E-state index < -0.39 is 0 Å². The summed E-state index contributed by atoms with van der Waals surface area (Å²) in [6.07, 6.45) is 0.504. The van der Waals surface area contributed by atoms with Gasteiger partial charge in [0.15, 0.2) is 12.4 Å². The molecule has 0 aliphatic carbocycles. The van der Waals surface area contributed by atoms with Gasteiger partial charge in [0.1, 0.15) is 5.75 Å². The highest BCUT2D eigenvalue weighted by molar-refractivity contribution is 5.95. The van der Waals surface area contributed by atoms with Crippen molar-refractivity contribution in [2.45, 2.75) is 20.0 Å². The van der Waals surface area contributed by atoms with Gasteiger partial charge in [-0.05, 0) is 29.5 Å². The van der Waals surface area contributed by atoms with Gasteiger partial charge < -0.3 is 4.74 Å². The first-order valence-electron chi connectivity index (χ1n) is 5.68. The van der Waals surface area contributed by atoms with Gasteiger partial charge in [0, 0.05) is 12.0 Å². The number of hydrogen-bond donors (Lipinski definition) is 0. The van der Waals surface area contributed by atoms with E-state index in [2.05, 4.69) is 15.4 Å². The molecule has 0 saturated carbocycles. The summed E-state index contributed by atoms with van der Waals surface area (Å²) in [6, 6.07) is 7.04. The van der Waals surface area contributed by atoms with Crippen LogP contribution in [0, 0.1) is 0 Å². The van der Waals surface area contributed by atoms with Crippen LogP contribution in [-0.4, -0.2) is 26.0 Å².